The van der Waals surface area contributed by atoms with E-state index in [1.165, 1.54) is 5.01 Å². The number of carboxylic acids is 1. The third-order valence-electron chi connectivity index (χ3n) is 1.11. The molecule has 7 nitrogen and oxygen atoms in total. The molecule has 0 radical (unpaired) electrons. The number of hydrazine groups is 1. The Bertz CT molecular complexity index is 194. The molecule has 0 spiro atoms. The second-order valence-electron chi connectivity index (χ2n) is 2.55. The lowest BCUT2D eigenvalue weighted by Gasteiger charge is -2.15. The van der Waals surface area contributed by atoms with Crippen molar-refractivity contribution in [3.05, 3.63) is 0 Å². The zero-order valence-electron chi connectivity index (χ0n) is 7.44. The van der Waals surface area contributed by atoms with Gasteiger partial charge in [-0.1, -0.05) is 0 Å². The molecule has 0 rings (SSSR count). The number of urea groups is 1. The van der Waals surface area contributed by atoms with Crippen LogP contribution in [0.25, 0.3) is 0 Å². The minimum Gasteiger partial charge on any atom is -0.480 e. The standard InChI is InChI=1S/C6H13N3O4/c1-9(2)8-6(13)7-4(3-10)5(11)12/h4,10H,3H2,1-2H3,(H,11,12)(H2,7,8,13)/t4-/m0/s1. The van der Waals surface area contributed by atoms with Gasteiger partial charge in [-0.25, -0.2) is 14.6 Å². The van der Waals surface area contributed by atoms with Crippen molar-refractivity contribution < 1.29 is 19.8 Å². The van der Waals surface area contributed by atoms with Crippen LogP contribution in [0.3, 0.4) is 0 Å². The average molecular weight is 191 g/mol. The first-order valence-corrected chi connectivity index (χ1v) is 3.55. The molecular weight excluding hydrogens is 178 g/mol. The molecule has 0 aromatic carbocycles. The Morgan fingerprint density at radius 1 is 1.46 bits per heavy atom. The third-order valence-corrected chi connectivity index (χ3v) is 1.11. The van der Waals surface area contributed by atoms with Gasteiger partial charge in [0.2, 0.25) is 0 Å². The average Bonchev–Trinajstić information content (AvgIpc) is 1.98. The van der Waals surface area contributed by atoms with Gasteiger partial charge in [-0.2, -0.15) is 0 Å². The Kier molecular flexibility index (Phi) is 4.78. The second-order valence-corrected chi connectivity index (χ2v) is 2.55. The maximum atomic E-state index is 10.9. The maximum Gasteiger partial charge on any atom is 0.330 e. The number of aliphatic carboxylic acids is 1. The lowest BCUT2D eigenvalue weighted by molar-refractivity contribution is -0.140. The van der Waals surface area contributed by atoms with E-state index in [0.29, 0.717) is 0 Å². The third kappa shape index (κ3) is 4.99. The Balaban J connectivity index is 3.94. The monoisotopic (exact) mass is 191 g/mol. The molecule has 0 bridgehead atoms. The van der Waals surface area contributed by atoms with E-state index in [4.69, 9.17) is 10.2 Å². The van der Waals surface area contributed by atoms with Gasteiger partial charge in [0.15, 0.2) is 6.04 Å². The molecule has 0 saturated carbocycles. The van der Waals surface area contributed by atoms with Gasteiger partial charge in [0.25, 0.3) is 0 Å². The van der Waals surface area contributed by atoms with Crippen molar-refractivity contribution in [1.29, 1.82) is 0 Å². The van der Waals surface area contributed by atoms with E-state index in [9.17, 15) is 9.59 Å². The summed E-state index contributed by atoms with van der Waals surface area (Å²) in [6, 6.07) is -1.95. The molecule has 7 heteroatoms. The molecule has 76 valence electrons. The zero-order chi connectivity index (χ0) is 10.4. The molecular formula is C6H13N3O4. The molecule has 4 N–H and O–H groups in total. The highest BCUT2D eigenvalue weighted by molar-refractivity contribution is 5.82. The fourth-order valence-corrected chi connectivity index (χ4v) is 0.579. The fraction of sp³-hybridized carbons (Fsp3) is 0.667. The van der Waals surface area contributed by atoms with Crippen LogP contribution in [-0.2, 0) is 4.79 Å². The van der Waals surface area contributed by atoms with Crippen LogP contribution in [0.4, 0.5) is 4.79 Å². The van der Waals surface area contributed by atoms with E-state index in [1.807, 2.05) is 0 Å². The van der Waals surface area contributed by atoms with Crippen molar-refractivity contribution in [1.82, 2.24) is 15.8 Å². The van der Waals surface area contributed by atoms with Crippen molar-refractivity contribution >= 4 is 12.0 Å². The summed E-state index contributed by atoms with van der Waals surface area (Å²) in [6.07, 6.45) is 0. The molecule has 0 fully saturated rings. The summed E-state index contributed by atoms with van der Waals surface area (Å²) in [5.41, 5.74) is 2.27. The van der Waals surface area contributed by atoms with E-state index in [-0.39, 0.29) is 0 Å². The first-order chi connectivity index (χ1) is 5.97. The minimum absolute atomic E-state index is 0.643. The number of hydrogen-bond donors (Lipinski definition) is 4. The molecule has 0 aromatic rings. The SMILES string of the molecule is CN(C)NC(=O)N[C@@H](CO)C(=O)O. The first kappa shape index (κ1) is 11.7. The smallest absolute Gasteiger partial charge is 0.330 e. The second kappa shape index (κ2) is 5.33. The number of nitrogens with one attached hydrogen (secondary N) is 2. The van der Waals surface area contributed by atoms with Crippen LogP contribution in [0.1, 0.15) is 0 Å². The summed E-state index contributed by atoms with van der Waals surface area (Å²) < 4.78 is 0. The van der Waals surface area contributed by atoms with Crippen molar-refractivity contribution in [2.24, 2.45) is 0 Å². The van der Waals surface area contributed by atoms with Crippen molar-refractivity contribution in [3.8, 4) is 0 Å². The number of amides is 2. The van der Waals surface area contributed by atoms with Gasteiger partial charge >= 0.3 is 12.0 Å². The topological polar surface area (TPSA) is 102 Å². The van der Waals surface area contributed by atoms with Crippen molar-refractivity contribution in [2.75, 3.05) is 20.7 Å². The van der Waals surface area contributed by atoms with Gasteiger partial charge in [0, 0.05) is 14.1 Å². The maximum absolute atomic E-state index is 10.9. The van der Waals surface area contributed by atoms with Crippen LogP contribution >= 0.6 is 0 Å². The Morgan fingerprint density at radius 2 is 2.00 bits per heavy atom. The highest BCUT2D eigenvalue weighted by atomic mass is 16.4. The summed E-state index contributed by atoms with van der Waals surface area (Å²) in [4.78, 5) is 21.2. The van der Waals surface area contributed by atoms with Gasteiger partial charge in [-0.05, 0) is 0 Å². The normalized spacial score (nSPS) is 12.3. The number of carboxylic acid groups (broad SMARTS) is 1. The Labute approximate surface area is 75.3 Å². The quantitative estimate of drug-likeness (QED) is 0.393. The Morgan fingerprint density at radius 3 is 2.31 bits per heavy atom. The predicted molar refractivity (Wildman–Crippen MR) is 43.9 cm³/mol. The Hall–Kier alpha value is -1.34. The van der Waals surface area contributed by atoms with E-state index < -0.39 is 24.6 Å². The van der Waals surface area contributed by atoms with E-state index in [0.717, 1.165) is 0 Å². The van der Waals surface area contributed by atoms with Gasteiger partial charge in [0.05, 0.1) is 6.61 Å². The molecule has 0 aromatic heterocycles. The van der Waals surface area contributed by atoms with Crippen molar-refractivity contribution in [2.45, 2.75) is 6.04 Å². The van der Waals surface area contributed by atoms with Gasteiger partial charge in [-0.3, -0.25) is 5.43 Å². The predicted octanol–water partition coefficient (Wildman–Crippen LogP) is -1.79. The molecule has 0 aliphatic carbocycles. The van der Waals surface area contributed by atoms with Crippen LogP contribution in [0, 0.1) is 0 Å². The number of aliphatic hydroxyl groups is 1. The molecule has 13 heavy (non-hydrogen) atoms. The summed E-state index contributed by atoms with van der Waals surface area (Å²) in [5, 5.41) is 20.4. The number of carbonyl (C=O) groups is 2. The number of rotatable bonds is 4. The summed E-state index contributed by atoms with van der Waals surface area (Å²) >= 11 is 0. The number of aliphatic hydroxyl groups excluding tert-OH is 1. The van der Waals surface area contributed by atoms with E-state index in [1.54, 1.807) is 14.1 Å². The molecule has 0 saturated heterocycles. The number of hydrogen-bond acceptors (Lipinski definition) is 4. The minimum atomic E-state index is -1.28. The molecule has 0 aliphatic rings. The highest BCUT2D eigenvalue weighted by Crippen LogP contribution is 1.81. The van der Waals surface area contributed by atoms with Crippen LogP contribution in [-0.4, -0.2) is 54.0 Å². The van der Waals surface area contributed by atoms with Crippen molar-refractivity contribution in [3.63, 3.8) is 0 Å². The molecule has 0 heterocycles. The van der Waals surface area contributed by atoms with Crippen LogP contribution in [0.5, 0.6) is 0 Å². The van der Waals surface area contributed by atoms with Gasteiger partial charge < -0.3 is 15.5 Å². The summed E-state index contributed by atoms with van der Waals surface area (Å²) in [5.74, 6) is -1.28. The molecule has 0 aliphatic heterocycles. The zero-order valence-corrected chi connectivity index (χ0v) is 7.44. The largest absolute Gasteiger partial charge is 0.480 e. The lowest BCUT2D eigenvalue weighted by atomic mass is 10.3. The summed E-state index contributed by atoms with van der Waals surface area (Å²) in [7, 11) is 3.16. The van der Waals surface area contributed by atoms with E-state index >= 15 is 0 Å². The highest BCUT2D eigenvalue weighted by Gasteiger charge is 2.18. The van der Waals surface area contributed by atoms with Gasteiger partial charge in [-0.15, -0.1) is 0 Å². The molecule has 1 atom stereocenters. The lowest BCUT2D eigenvalue weighted by Crippen LogP contribution is -2.51. The van der Waals surface area contributed by atoms with E-state index in [2.05, 4.69) is 10.7 Å². The van der Waals surface area contributed by atoms with Crippen LogP contribution < -0.4 is 10.7 Å². The molecule has 2 amide bonds. The van der Waals surface area contributed by atoms with Crippen LogP contribution in [0.2, 0.25) is 0 Å². The van der Waals surface area contributed by atoms with Gasteiger partial charge in [0.1, 0.15) is 0 Å². The number of carbonyl (C=O) groups excluding carboxylic acids is 1. The van der Waals surface area contributed by atoms with Crippen LogP contribution in [0.15, 0.2) is 0 Å². The number of nitrogens with zero attached hydrogens (tertiary/aromatic N) is 1. The molecule has 0 unspecified atom stereocenters. The fourth-order valence-electron chi connectivity index (χ4n) is 0.579. The summed E-state index contributed by atoms with van der Waals surface area (Å²) in [6.45, 7) is -0.643. The first-order valence-electron chi connectivity index (χ1n) is 3.55.